The molecule has 0 amide bonds. The summed E-state index contributed by atoms with van der Waals surface area (Å²) in [7, 11) is 0. The Morgan fingerprint density at radius 3 is 2.94 bits per heavy atom. The lowest BCUT2D eigenvalue weighted by molar-refractivity contribution is 0.168. The fourth-order valence-electron chi connectivity index (χ4n) is 1.61. The molecule has 2 unspecified atom stereocenters. The smallest absolute Gasteiger partial charge is 0.138 e. The van der Waals surface area contributed by atoms with E-state index < -0.39 is 6.10 Å². The number of thiophene rings is 1. The third kappa shape index (κ3) is 2.77. The largest absolute Gasteiger partial charge is 0.392 e. The Labute approximate surface area is 110 Å². The number of hydrogen-bond acceptors (Lipinski definition) is 6. The van der Waals surface area contributed by atoms with Crippen molar-refractivity contribution < 1.29 is 5.11 Å². The summed E-state index contributed by atoms with van der Waals surface area (Å²) < 4.78 is 0. The van der Waals surface area contributed by atoms with Crippen molar-refractivity contribution in [3.63, 3.8) is 0 Å². The van der Waals surface area contributed by atoms with Gasteiger partial charge in [0.2, 0.25) is 0 Å². The van der Waals surface area contributed by atoms with Crippen molar-refractivity contribution in [2.45, 2.75) is 32.4 Å². The van der Waals surface area contributed by atoms with Gasteiger partial charge in [-0.2, -0.15) is 0 Å². The number of nitrogens with one attached hydrogen (secondary N) is 1. The Hall–Kier alpha value is -1.24. The van der Waals surface area contributed by atoms with E-state index in [-0.39, 0.29) is 6.04 Å². The van der Waals surface area contributed by atoms with E-state index in [0.717, 1.165) is 22.5 Å². The molecule has 2 heterocycles. The predicted molar refractivity (Wildman–Crippen MR) is 74.9 cm³/mol. The molecule has 0 fully saturated rings. The fraction of sp³-hybridized carbons (Fsp3) is 0.500. The molecule has 0 saturated carbocycles. The van der Waals surface area contributed by atoms with Gasteiger partial charge < -0.3 is 16.2 Å². The number of anilines is 1. The lowest BCUT2D eigenvalue weighted by Gasteiger charge is -2.15. The van der Waals surface area contributed by atoms with Crippen molar-refractivity contribution in [1.29, 1.82) is 0 Å². The molecule has 0 aliphatic rings. The van der Waals surface area contributed by atoms with Crippen LogP contribution in [0, 0.1) is 0 Å². The molecule has 2 aromatic heterocycles. The van der Waals surface area contributed by atoms with E-state index in [0.29, 0.717) is 6.54 Å². The molecule has 0 radical (unpaired) electrons. The normalized spacial score (nSPS) is 14.7. The first-order valence-electron chi connectivity index (χ1n) is 6.02. The molecule has 2 atom stereocenters. The third-order valence-corrected chi connectivity index (χ3v) is 4.04. The zero-order valence-corrected chi connectivity index (χ0v) is 11.4. The van der Waals surface area contributed by atoms with E-state index in [1.165, 1.54) is 4.88 Å². The predicted octanol–water partition coefficient (Wildman–Crippen LogP) is 1.37. The Kier molecular flexibility index (Phi) is 4.11. The van der Waals surface area contributed by atoms with E-state index in [9.17, 15) is 5.11 Å². The van der Waals surface area contributed by atoms with Crippen LogP contribution in [-0.2, 0) is 6.42 Å². The third-order valence-electron chi connectivity index (χ3n) is 2.85. The second-order valence-corrected chi connectivity index (χ2v) is 5.41. The number of aliphatic hydroxyl groups is 1. The van der Waals surface area contributed by atoms with Gasteiger partial charge in [0, 0.05) is 17.5 Å². The molecule has 0 aliphatic carbocycles. The first-order valence-corrected chi connectivity index (χ1v) is 6.84. The summed E-state index contributed by atoms with van der Waals surface area (Å²) in [5.41, 5.74) is 5.79. The van der Waals surface area contributed by atoms with Crippen molar-refractivity contribution in [2.24, 2.45) is 5.73 Å². The molecular weight excluding hydrogens is 248 g/mol. The van der Waals surface area contributed by atoms with Crippen LogP contribution in [0.5, 0.6) is 0 Å². The average molecular weight is 266 g/mol. The molecule has 6 heteroatoms. The van der Waals surface area contributed by atoms with Crippen LogP contribution in [-0.4, -0.2) is 33.8 Å². The van der Waals surface area contributed by atoms with Gasteiger partial charge in [0.1, 0.15) is 17.0 Å². The second kappa shape index (κ2) is 5.60. The minimum atomic E-state index is -0.538. The van der Waals surface area contributed by atoms with Crippen LogP contribution < -0.4 is 11.1 Å². The number of aliphatic hydroxyl groups excluding tert-OH is 1. The SMILES string of the molecule is CCc1cc2c(NCC(N)C(C)O)ncnc2s1. The molecule has 18 heavy (non-hydrogen) atoms. The van der Waals surface area contributed by atoms with Crippen LogP contribution in [0.4, 0.5) is 5.82 Å². The summed E-state index contributed by atoms with van der Waals surface area (Å²) in [5, 5.41) is 13.6. The van der Waals surface area contributed by atoms with Crippen LogP contribution in [0.2, 0.25) is 0 Å². The summed E-state index contributed by atoms with van der Waals surface area (Å²) in [6.07, 6.45) is 2.01. The number of hydrogen-bond donors (Lipinski definition) is 3. The van der Waals surface area contributed by atoms with Crippen molar-refractivity contribution in [2.75, 3.05) is 11.9 Å². The van der Waals surface area contributed by atoms with Gasteiger partial charge in [0.25, 0.3) is 0 Å². The maximum absolute atomic E-state index is 9.36. The highest BCUT2D eigenvalue weighted by Crippen LogP contribution is 2.28. The Balaban J connectivity index is 2.20. The number of nitrogens with two attached hydrogens (primary N) is 1. The molecule has 4 N–H and O–H groups in total. The second-order valence-electron chi connectivity index (χ2n) is 4.29. The average Bonchev–Trinajstić information content (AvgIpc) is 2.79. The monoisotopic (exact) mass is 266 g/mol. The van der Waals surface area contributed by atoms with Crippen LogP contribution in [0.1, 0.15) is 18.7 Å². The van der Waals surface area contributed by atoms with Crippen molar-refractivity contribution in [3.8, 4) is 0 Å². The molecule has 0 saturated heterocycles. The highest BCUT2D eigenvalue weighted by Gasteiger charge is 2.11. The minimum absolute atomic E-state index is 0.306. The van der Waals surface area contributed by atoms with Crippen LogP contribution in [0.15, 0.2) is 12.4 Å². The number of fused-ring (bicyclic) bond motifs is 1. The van der Waals surface area contributed by atoms with Gasteiger partial charge >= 0.3 is 0 Å². The van der Waals surface area contributed by atoms with Gasteiger partial charge in [0.05, 0.1) is 11.5 Å². The standard InChI is InChI=1S/C12H18N4OS/c1-3-8-4-9-11(14-5-10(13)7(2)17)15-6-16-12(9)18-8/h4,6-7,10,17H,3,5,13H2,1-2H3,(H,14,15,16). The summed E-state index contributed by atoms with van der Waals surface area (Å²) in [5.74, 6) is 0.784. The van der Waals surface area contributed by atoms with Gasteiger partial charge in [0.15, 0.2) is 0 Å². The van der Waals surface area contributed by atoms with E-state index >= 15 is 0 Å². The molecule has 5 nitrogen and oxygen atoms in total. The van der Waals surface area contributed by atoms with Crippen LogP contribution in [0.25, 0.3) is 10.2 Å². The summed E-state index contributed by atoms with van der Waals surface area (Å²) in [6, 6.07) is 1.80. The van der Waals surface area contributed by atoms with E-state index in [1.54, 1.807) is 24.6 Å². The molecule has 0 aliphatic heterocycles. The van der Waals surface area contributed by atoms with Gasteiger partial charge in [-0.15, -0.1) is 11.3 Å². The van der Waals surface area contributed by atoms with E-state index in [4.69, 9.17) is 5.73 Å². The highest BCUT2D eigenvalue weighted by molar-refractivity contribution is 7.18. The topological polar surface area (TPSA) is 84.1 Å². The first kappa shape index (κ1) is 13.2. The quantitative estimate of drug-likeness (QED) is 0.761. The first-order chi connectivity index (χ1) is 8.61. The van der Waals surface area contributed by atoms with Crippen LogP contribution in [0.3, 0.4) is 0 Å². The van der Waals surface area contributed by atoms with Gasteiger partial charge in [-0.25, -0.2) is 9.97 Å². The molecule has 98 valence electrons. The fourth-order valence-corrected chi connectivity index (χ4v) is 2.54. The van der Waals surface area contributed by atoms with Crippen molar-refractivity contribution in [3.05, 3.63) is 17.3 Å². The number of aromatic nitrogens is 2. The molecule has 0 aromatic carbocycles. The Morgan fingerprint density at radius 1 is 1.50 bits per heavy atom. The summed E-state index contributed by atoms with van der Waals surface area (Å²) in [4.78, 5) is 10.8. The van der Waals surface area contributed by atoms with Crippen molar-refractivity contribution in [1.82, 2.24) is 9.97 Å². The lowest BCUT2D eigenvalue weighted by Crippen LogP contribution is -2.38. The van der Waals surface area contributed by atoms with Gasteiger partial charge in [-0.3, -0.25) is 0 Å². The lowest BCUT2D eigenvalue weighted by atomic mass is 10.2. The Morgan fingerprint density at radius 2 is 2.28 bits per heavy atom. The highest BCUT2D eigenvalue weighted by atomic mass is 32.1. The molecule has 2 rings (SSSR count). The Bertz CT molecular complexity index is 526. The molecular formula is C12H18N4OS. The van der Waals surface area contributed by atoms with E-state index in [1.807, 2.05) is 0 Å². The van der Waals surface area contributed by atoms with E-state index in [2.05, 4.69) is 28.3 Å². The van der Waals surface area contributed by atoms with Crippen LogP contribution >= 0.6 is 11.3 Å². The molecule has 0 spiro atoms. The van der Waals surface area contributed by atoms with Gasteiger partial charge in [-0.1, -0.05) is 6.92 Å². The summed E-state index contributed by atoms with van der Waals surface area (Å²) in [6.45, 7) is 4.29. The zero-order chi connectivity index (χ0) is 13.1. The summed E-state index contributed by atoms with van der Waals surface area (Å²) >= 11 is 1.68. The van der Waals surface area contributed by atoms with Crippen molar-refractivity contribution >= 4 is 27.4 Å². The minimum Gasteiger partial charge on any atom is -0.392 e. The number of nitrogens with zero attached hydrogens (tertiary/aromatic N) is 2. The van der Waals surface area contributed by atoms with Gasteiger partial charge in [-0.05, 0) is 19.4 Å². The molecule has 2 aromatic rings. The number of rotatable bonds is 5. The zero-order valence-electron chi connectivity index (χ0n) is 10.6. The maximum Gasteiger partial charge on any atom is 0.138 e. The number of aryl methyl sites for hydroxylation is 1. The molecule has 0 bridgehead atoms. The maximum atomic E-state index is 9.36.